The second-order valence-electron chi connectivity index (χ2n) is 6.68. The summed E-state index contributed by atoms with van der Waals surface area (Å²) < 4.78 is 7.99. The van der Waals surface area contributed by atoms with Crippen molar-refractivity contribution < 1.29 is 4.74 Å². The highest BCUT2D eigenvalue weighted by Crippen LogP contribution is 2.30. The van der Waals surface area contributed by atoms with Crippen molar-refractivity contribution in [2.24, 2.45) is 13.0 Å². The number of aryl methyl sites for hydroxylation is 1. The number of imidazole rings is 1. The molecule has 1 saturated carbocycles. The molecule has 2 aromatic rings. The van der Waals surface area contributed by atoms with Gasteiger partial charge in [-0.1, -0.05) is 6.42 Å². The smallest absolute Gasteiger partial charge is 0.316 e. The summed E-state index contributed by atoms with van der Waals surface area (Å²) in [6, 6.07) is 2.63. The van der Waals surface area contributed by atoms with Crippen molar-refractivity contribution in [3.05, 3.63) is 36.2 Å². The van der Waals surface area contributed by atoms with Crippen LogP contribution >= 0.6 is 0 Å². The molecule has 3 heterocycles. The first kappa shape index (κ1) is 14.6. The molecule has 0 spiro atoms. The second kappa shape index (κ2) is 6.28. The second-order valence-corrected chi connectivity index (χ2v) is 6.68. The Balaban J connectivity index is 1.47. The Labute approximate surface area is 136 Å². The summed E-state index contributed by atoms with van der Waals surface area (Å²) in [5.41, 5.74) is 2.55. The maximum atomic E-state index is 5.85. The minimum absolute atomic E-state index is 0.363. The van der Waals surface area contributed by atoms with E-state index in [-0.39, 0.29) is 0 Å². The average molecular weight is 313 g/mol. The molecule has 0 saturated heterocycles. The molecule has 1 aliphatic heterocycles. The van der Waals surface area contributed by atoms with E-state index >= 15 is 0 Å². The third kappa shape index (κ3) is 3.08. The number of nitrogens with zero attached hydrogens (tertiary/aromatic N) is 5. The third-order valence-corrected chi connectivity index (χ3v) is 5.11. The molecule has 0 amide bonds. The van der Waals surface area contributed by atoms with Crippen molar-refractivity contribution in [2.45, 2.75) is 38.3 Å². The number of aromatic nitrogens is 4. The third-order valence-electron chi connectivity index (χ3n) is 5.11. The molecular weight excluding hydrogens is 290 g/mol. The van der Waals surface area contributed by atoms with Crippen LogP contribution < -0.4 is 4.74 Å². The van der Waals surface area contributed by atoms with Gasteiger partial charge in [0.05, 0.1) is 12.0 Å². The van der Waals surface area contributed by atoms with E-state index in [1.807, 2.05) is 6.33 Å². The lowest BCUT2D eigenvalue weighted by atomic mass is 9.84. The van der Waals surface area contributed by atoms with Gasteiger partial charge >= 0.3 is 6.01 Å². The average Bonchev–Trinajstić information content (AvgIpc) is 2.90. The van der Waals surface area contributed by atoms with Gasteiger partial charge in [-0.05, 0) is 24.8 Å². The summed E-state index contributed by atoms with van der Waals surface area (Å²) in [5, 5.41) is 0. The molecule has 23 heavy (non-hydrogen) atoms. The summed E-state index contributed by atoms with van der Waals surface area (Å²) >= 11 is 0. The predicted molar refractivity (Wildman–Crippen MR) is 86.0 cm³/mol. The first-order valence-electron chi connectivity index (χ1n) is 8.42. The molecule has 0 aromatic carbocycles. The van der Waals surface area contributed by atoms with Gasteiger partial charge in [0.25, 0.3) is 0 Å². The van der Waals surface area contributed by atoms with Crippen LogP contribution in [-0.2, 0) is 20.0 Å². The van der Waals surface area contributed by atoms with Crippen LogP contribution in [0.15, 0.2) is 24.8 Å². The lowest BCUT2D eigenvalue weighted by molar-refractivity contribution is 0.0761. The van der Waals surface area contributed by atoms with Crippen molar-refractivity contribution in [2.75, 3.05) is 13.2 Å². The van der Waals surface area contributed by atoms with Crippen molar-refractivity contribution in [3.8, 4) is 6.01 Å². The highest BCUT2D eigenvalue weighted by molar-refractivity contribution is 5.18. The van der Waals surface area contributed by atoms with Crippen LogP contribution in [0.4, 0.5) is 0 Å². The van der Waals surface area contributed by atoms with Crippen molar-refractivity contribution in [3.63, 3.8) is 0 Å². The first-order valence-corrected chi connectivity index (χ1v) is 8.42. The van der Waals surface area contributed by atoms with Crippen molar-refractivity contribution in [1.29, 1.82) is 0 Å². The van der Waals surface area contributed by atoms with E-state index in [9.17, 15) is 0 Å². The number of hydrogen-bond donors (Lipinski definition) is 0. The van der Waals surface area contributed by atoms with E-state index in [1.54, 1.807) is 18.5 Å². The van der Waals surface area contributed by atoms with E-state index in [0.717, 1.165) is 25.4 Å². The zero-order valence-electron chi connectivity index (χ0n) is 13.6. The highest BCUT2D eigenvalue weighted by Gasteiger charge is 2.32. The molecule has 1 unspecified atom stereocenters. The molecule has 122 valence electrons. The summed E-state index contributed by atoms with van der Waals surface area (Å²) in [6.45, 7) is 2.71. The zero-order valence-corrected chi connectivity index (χ0v) is 13.6. The summed E-state index contributed by atoms with van der Waals surface area (Å²) in [5.74, 6) is 0.843. The van der Waals surface area contributed by atoms with Crippen LogP contribution in [-0.4, -0.2) is 43.6 Å². The lowest BCUT2D eigenvalue weighted by Gasteiger charge is -2.39. The molecule has 1 fully saturated rings. The Morgan fingerprint density at radius 3 is 2.78 bits per heavy atom. The summed E-state index contributed by atoms with van der Waals surface area (Å²) in [7, 11) is 2.08. The minimum Gasteiger partial charge on any atom is -0.462 e. The number of fused-ring (bicyclic) bond motifs is 1. The first-order chi connectivity index (χ1) is 11.3. The van der Waals surface area contributed by atoms with Gasteiger partial charge in [0.2, 0.25) is 0 Å². The molecule has 0 N–H and O–H groups in total. The van der Waals surface area contributed by atoms with Gasteiger partial charge in [0.1, 0.15) is 6.61 Å². The predicted octanol–water partition coefficient (Wildman–Crippen LogP) is 1.82. The molecule has 2 aromatic heterocycles. The van der Waals surface area contributed by atoms with Gasteiger partial charge in [-0.25, -0.2) is 15.0 Å². The Morgan fingerprint density at radius 2 is 2.04 bits per heavy atom. The number of hydrogen-bond acceptors (Lipinski definition) is 5. The topological polar surface area (TPSA) is 56.1 Å². The van der Waals surface area contributed by atoms with Crippen LogP contribution in [0.1, 0.15) is 30.7 Å². The Bertz CT molecular complexity index is 652. The monoisotopic (exact) mass is 313 g/mol. The minimum atomic E-state index is 0.363. The van der Waals surface area contributed by atoms with Crippen molar-refractivity contribution >= 4 is 0 Å². The van der Waals surface area contributed by atoms with Gasteiger partial charge in [-0.2, -0.15) is 0 Å². The summed E-state index contributed by atoms with van der Waals surface area (Å²) in [4.78, 5) is 15.4. The standard InChI is InChI=1S/C17H23N5O/c1-21-12-20-15-10-22(9-13-4-2-5-13)14(8-16(15)21)11-23-17-18-6-3-7-19-17/h3,6-7,12-14H,2,4-5,8-11H2,1H3. The fourth-order valence-corrected chi connectivity index (χ4v) is 3.49. The molecule has 6 nitrogen and oxygen atoms in total. The fourth-order valence-electron chi connectivity index (χ4n) is 3.49. The Morgan fingerprint density at radius 1 is 1.22 bits per heavy atom. The highest BCUT2D eigenvalue weighted by atomic mass is 16.5. The summed E-state index contributed by atoms with van der Waals surface area (Å²) in [6.07, 6.45) is 10.4. The van der Waals surface area contributed by atoms with Crippen LogP contribution in [0.3, 0.4) is 0 Å². The van der Waals surface area contributed by atoms with Gasteiger partial charge in [0, 0.05) is 50.7 Å². The normalized spacial score (nSPS) is 21.7. The maximum absolute atomic E-state index is 5.85. The molecule has 0 radical (unpaired) electrons. The molecule has 6 heteroatoms. The van der Waals surface area contributed by atoms with Gasteiger partial charge in [-0.15, -0.1) is 0 Å². The van der Waals surface area contributed by atoms with Gasteiger partial charge < -0.3 is 9.30 Å². The van der Waals surface area contributed by atoms with E-state index in [0.29, 0.717) is 18.7 Å². The van der Waals surface area contributed by atoms with Crippen LogP contribution in [0.25, 0.3) is 0 Å². The fraction of sp³-hybridized carbons (Fsp3) is 0.588. The zero-order chi connectivity index (χ0) is 15.6. The Kier molecular flexibility index (Phi) is 3.99. The number of rotatable bonds is 5. The molecular formula is C17H23N5O. The molecule has 1 atom stereocenters. The van der Waals surface area contributed by atoms with Gasteiger partial charge in [0.15, 0.2) is 0 Å². The quantitative estimate of drug-likeness (QED) is 0.843. The largest absolute Gasteiger partial charge is 0.462 e. The van der Waals surface area contributed by atoms with Crippen LogP contribution in [0.5, 0.6) is 6.01 Å². The lowest BCUT2D eigenvalue weighted by Crippen LogP contribution is -2.47. The number of ether oxygens (including phenoxy) is 1. The van der Waals surface area contributed by atoms with E-state index in [2.05, 4.69) is 31.5 Å². The molecule has 1 aliphatic carbocycles. The molecule has 2 aliphatic rings. The maximum Gasteiger partial charge on any atom is 0.316 e. The van der Waals surface area contributed by atoms with E-state index in [1.165, 1.54) is 30.7 Å². The molecule has 4 rings (SSSR count). The van der Waals surface area contributed by atoms with Gasteiger partial charge in [-0.3, -0.25) is 4.90 Å². The molecule has 0 bridgehead atoms. The van der Waals surface area contributed by atoms with E-state index in [4.69, 9.17) is 4.74 Å². The Hall–Kier alpha value is -1.95. The van der Waals surface area contributed by atoms with Crippen LogP contribution in [0.2, 0.25) is 0 Å². The van der Waals surface area contributed by atoms with Crippen LogP contribution in [0, 0.1) is 5.92 Å². The SMILES string of the molecule is Cn1cnc2c1CC(COc1ncccn1)N(CC1CCC1)C2. The van der Waals surface area contributed by atoms with Crippen molar-refractivity contribution in [1.82, 2.24) is 24.4 Å². The van der Waals surface area contributed by atoms with E-state index < -0.39 is 0 Å².